The third-order valence-electron chi connectivity index (χ3n) is 4.38. The summed E-state index contributed by atoms with van der Waals surface area (Å²) in [5, 5.41) is 3.23. The second kappa shape index (κ2) is 7.46. The number of carbonyl (C=O) groups is 1. The van der Waals surface area contributed by atoms with E-state index in [2.05, 4.69) is 5.32 Å². The SMILES string of the molecule is CNCC1CCN(C(=O)C(C)c2cccc(OC)c2)CC1. The number of methoxy groups -OCH3 is 1. The third kappa shape index (κ3) is 3.97. The standard InChI is InChI=1S/C17H26N2O2/c1-13(15-5-4-6-16(11-15)21-3)17(20)19-9-7-14(8-10-19)12-18-2/h4-6,11,13-14,18H,7-10,12H2,1-3H3. The Morgan fingerprint density at radius 2 is 2.14 bits per heavy atom. The molecule has 1 atom stereocenters. The van der Waals surface area contributed by atoms with Crippen molar-refractivity contribution in [2.45, 2.75) is 25.7 Å². The van der Waals surface area contributed by atoms with E-state index in [1.165, 1.54) is 0 Å². The number of nitrogens with zero attached hydrogens (tertiary/aromatic N) is 1. The van der Waals surface area contributed by atoms with Gasteiger partial charge in [0.1, 0.15) is 5.75 Å². The van der Waals surface area contributed by atoms with E-state index in [-0.39, 0.29) is 11.8 Å². The molecule has 116 valence electrons. The van der Waals surface area contributed by atoms with Crippen molar-refractivity contribution in [1.29, 1.82) is 0 Å². The molecule has 0 saturated carbocycles. The van der Waals surface area contributed by atoms with Crippen molar-refractivity contribution < 1.29 is 9.53 Å². The number of amides is 1. The second-order valence-electron chi connectivity index (χ2n) is 5.82. The number of nitrogens with one attached hydrogen (secondary N) is 1. The molecule has 1 fully saturated rings. The molecule has 4 nitrogen and oxygen atoms in total. The van der Waals surface area contributed by atoms with Crippen LogP contribution in [0.2, 0.25) is 0 Å². The Bertz CT molecular complexity index is 468. The zero-order valence-electron chi connectivity index (χ0n) is 13.3. The van der Waals surface area contributed by atoms with Crippen LogP contribution in [0.5, 0.6) is 5.75 Å². The highest BCUT2D eigenvalue weighted by Crippen LogP contribution is 2.25. The van der Waals surface area contributed by atoms with Crippen LogP contribution in [0.1, 0.15) is 31.2 Å². The lowest BCUT2D eigenvalue weighted by atomic mass is 9.94. The molecular formula is C17H26N2O2. The Morgan fingerprint density at radius 3 is 2.76 bits per heavy atom. The van der Waals surface area contributed by atoms with Crippen LogP contribution in [0.15, 0.2) is 24.3 Å². The minimum absolute atomic E-state index is 0.110. The molecule has 4 heteroatoms. The molecule has 1 unspecified atom stereocenters. The summed E-state index contributed by atoms with van der Waals surface area (Å²) >= 11 is 0. The summed E-state index contributed by atoms with van der Waals surface area (Å²) in [5.74, 6) is 1.62. The van der Waals surface area contributed by atoms with E-state index in [0.29, 0.717) is 5.92 Å². The lowest BCUT2D eigenvalue weighted by Crippen LogP contribution is -2.42. The fourth-order valence-electron chi connectivity index (χ4n) is 2.97. The Kier molecular flexibility index (Phi) is 5.62. The van der Waals surface area contributed by atoms with Crippen LogP contribution in [0, 0.1) is 5.92 Å². The number of rotatable bonds is 5. The molecule has 0 spiro atoms. The van der Waals surface area contributed by atoms with Crippen LogP contribution in [-0.4, -0.2) is 44.6 Å². The Labute approximate surface area is 127 Å². The van der Waals surface area contributed by atoms with Crippen molar-refractivity contribution in [2.75, 3.05) is 33.8 Å². The van der Waals surface area contributed by atoms with E-state index < -0.39 is 0 Å². The van der Waals surface area contributed by atoms with Crippen LogP contribution >= 0.6 is 0 Å². The molecule has 1 aliphatic rings. The molecule has 1 aromatic rings. The molecule has 1 heterocycles. The minimum atomic E-state index is -0.110. The summed E-state index contributed by atoms with van der Waals surface area (Å²) in [6.45, 7) is 4.78. The van der Waals surface area contributed by atoms with Crippen molar-refractivity contribution in [3.63, 3.8) is 0 Å². The van der Waals surface area contributed by atoms with E-state index in [1.807, 2.05) is 43.1 Å². The first-order chi connectivity index (χ1) is 10.2. The van der Waals surface area contributed by atoms with Gasteiger partial charge in [0.15, 0.2) is 0 Å². The van der Waals surface area contributed by atoms with Gasteiger partial charge in [-0.15, -0.1) is 0 Å². The number of likely N-dealkylation sites (tertiary alicyclic amines) is 1. The molecule has 1 N–H and O–H groups in total. The number of benzene rings is 1. The van der Waals surface area contributed by atoms with Crippen LogP contribution in [0.4, 0.5) is 0 Å². The number of hydrogen-bond acceptors (Lipinski definition) is 3. The highest BCUT2D eigenvalue weighted by molar-refractivity contribution is 5.83. The van der Waals surface area contributed by atoms with Gasteiger partial charge < -0.3 is 15.0 Å². The maximum Gasteiger partial charge on any atom is 0.229 e. The third-order valence-corrected chi connectivity index (χ3v) is 4.38. The normalized spacial score (nSPS) is 17.6. The van der Waals surface area contributed by atoms with E-state index in [4.69, 9.17) is 4.74 Å². The van der Waals surface area contributed by atoms with Crippen LogP contribution < -0.4 is 10.1 Å². The highest BCUT2D eigenvalue weighted by atomic mass is 16.5. The average molecular weight is 290 g/mol. The first kappa shape index (κ1) is 15.8. The predicted molar refractivity (Wildman–Crippen MR) is 84.6 cm³/mol. The van der Waals surface area contributed by atoms with Gasteiger partial charge in [-0.1, -0.05) is 12.1 Å². The fraction of sp³-hybridized carbons (Fsp3) is 0.588. The quantitative estimate of drug-likeness (QED) is 0.904. The van der Waals surface area contributed by atoms with Gasteiger partial charge in [-0.3, -0.25) is 4.79 Å². The molecule has 0 aromatic heterocycles. The van der Waals surface area contributed by atoms with Gasteiger partial charge >= 0.3 is 0 Å². The molecule has 1 amide bonds. The summed E-state index contributed by atoms with van der Waals surface area (Å²) in [5.41, 5.74) is 1.02. The average Bonchev–Trinajstić information content (AvgIpc) is 2.54. The largest absolute Gasteiger partial charge is 0.497 e. The summed E-state index contributed by atoms with van der Waals surface area (Å²) in [7, 11) is 3.64. The van der Waals surface area contributed by atoms with E-state index in [9.17, 15) is 4.79 Å². The molecule has 1 saturated heterocycles. The van der Waals surface area contributed by atoms with E-state index in [1.54, 1.807) is 7.11 Å². The zero-order valence-corrected chi connectivity index (χ0v) is 13.3. The number of hydrogen-bond donors (Lipinski definition) is 1. The molecule has 21 heavy (non-hydrogen) atoms. The highest BCUT2D eigenvalue weighted by Gasteiger charge is 2.26. The van der Waals surface area contributed by atoms with Gasteiger partial charge in [-0.2, -0.15) is 0 Å². The smallest absolute Gasteiger partial charge is 0.229 e. The molecule has 0 aliphatic carbocycles. The van der Waals surface area contributed by atoms with Crippen molar-refractivity contribution in [3.05, 3.63) is 29.8 Å². The van der Waals surface area contributed by atoms with Gasteiger partial charge in [0.05, 0.1) is 13.0 Å². The van der Waals surface area contributed by atoms with Crippen LogP contribution in [-0.2, 0) is 4.79 Å². The topological polar surface area (TPSA) is 41.6 Å². The first-order valence-electron chi connectivity index (χ1n) is 7.73. The lowest BCUT2D eigenvalue weighted by molar-refractivity contribution is -0.133. The molecular weight excluding hydrogens is 264 g/mol. The summed E-state index contributed by atoms with van der Waals surface area (Å²) < 4.78 is 5.24. The lowest BCUT2D eigenvalue weighted by Gasteiger charge is -2.33. The molecule has 2 rings (SSSR count). The second-order valence-corrected chi connectivity index (χ2v) is 5.82. The number of carbonyl (C=O) groups excluding carboxylic acids is 1. The Hall–Kier alpha value is -1.55. The van der Waals surface area contributed by atoms with Gasteiger partial charge in [-0.05, 0) is 57.0 Å². The van der Waals surface area contributed by atoms with Crippen LogP contribution in [0.3, 0.4) is 0 Å². The van der Waals surface area contributed by atoms with Crippen LogP contribution in [0.25, 0.3) is 0 Å². The van der Waals surface area contributed by atoms with Gasteiger partial charge in [0, 0.05) is 13.1 Å². The summed E-state index contributed by atoms with van der Waals surface area (Å²) in [6, 6.07) is 7.80. The van der Waals surface area contributed by atoms with Crippen molar-refractivity contribution >= 4 is 5.91 Å². The molecule has 0 radical (unpaired) electrons. The Morgan fingerprint density at radius 1 is 1.43 bits per heavy atom. The van der Waals surface area contributed by atoms with Crippen molar-refractivity contribution in [3.8, 4) is 5.75 Å². The maximum absolute atomic E-state index is 12.6. The first-order valence-corrected chi connectivity index (χ1v) is 7.73. The monoisotopic (exact) mass is 290 g/mol. The van der Waals surface area contributed by atoms with Crippen molar-refractivity contribution in [1.82, 2.24) is 10.2 Å². The number of ether oxygens (including phenoxy) is 1. The zero-order chi connectivity index (χ0) is 15.2. The van der Waals surface area contributed by atoms with Crippen molar-refractivity contribution in [2.24, 2.45) is 5.92 Å². The Balaban J connectivity index is 1.96. The van der Waals surface area contributed by atoms with E-state index in [0.717, 1.165) is 43.8 Å². The maximum atomic E-state index is 12.6. The molecule has 1 aromatic carbocycles. The molecule has 1 aliphatic heterocycles. The van der Waals surface area contributed by atoms with Gasteiger partial charge in [0.2, 0.25) is 5.91 Å². The summed E-state index contributed by atoms with van der Waals surface area (Å²) in [6.07, 6.45) is 2.19. The fourth-order valence-corrected chi connectivity index (χ4v) is 2.97. The van der Waals surface area contributed by atoms with Gasteiger partial charge in [0.25, 0.3) is 0 Å². The summed E-state index contributed by atoms with van der Waals surface area (Å²) in [4.78, 5) is 14.6. The van der Waals surface area contributed by atoms with E-state index >= 15 is 0 Å². The molecule has 0 bridgehead atoms. The van der Waals surface area contributed by atoms with Gasteiger partial charge in [-0.25, -0.2) is 0 Å². The number of piperidine rings is 1. The predicted octanol–water partition coefficient (Wildman–Crippen LogP) is 2.26. The minimum Gasteiger partial charge on any atom is -0.497 e.